The van der Waals surface area contributed by atoms with Gasteiger partial charge in [-0.2, -0.15) is 0 Å². The predicted molar refractivity (Wildman–Crippen MR) is 146 cm³/mol. The van der Waals surface area contributed by atoms with Crippen LogP contribution in [0.5, 0.6) is 0 Å². The number of rotatable bonds is 12. The van der Waals surface area contributed by atoms with Crippen LogP contribution in [0.1, 0.15) is 79.6 Å². The van der Waals surface area contributed by atoms with Gasteiger partial charge in [0, 0.05) is 19.7 Å². The fourth-order valence-corrected chi connectivity index (χ4v) is 6.93. The Balaban J connectivity index is 1.34. The molecular formula is C30H50N2O6. The zero-order valence-corrected chi connectivity index (χ0v) is 24.6. The highest BCUT2D eigenvalue weighted by Crippen LogP contribution is 2.59. The van der Waals surface area contributed by atoms with Crippen molar-refractivity contribution in [1.29, 1.82) is 0 Å². The van der Waals surface area contributed by atoms with Crippen molar-refractivity contribution in [3.8, 4) is 0 Å². The molecule has 3 aliphatic heterocycles. The lowest BCUT2D eigenvalue weighted by molar-refractivity contribution is -0.173. The molecule has 1 unspecified atom stereocenters. The van der Waals surface area contributed by atoms with Gasteiger partial charge >= 0.3 is 5.97 Å². The minimum Gasteiger partial charge on any atom is -0.460 e. The van der Waals surface area contributed by atoms with Gasteiger partial charge in [0.25, 0.3) is 0 Å². The van der Waals surface area contributed by atoms with Gasteiger partial charge in [-0.15, -0.1) is 0 Å². The number of nitrogens with one attached hydrogen (secondary N) is 1. The van der Waals surface area contributed by atoms with Crippen molar-refractivity contribution in [2.45, 2.75) is 115 Å². The van der Waals surface area contributed by atoms with Gasteiger partial charge in [0.15, 0.2) is 0 Å². The molecule has 1 aliphatic carbocycles. The van der Waals surface area contributed by atoms with E-state index in [0.717, 1.165) is 25.8 Å². The normalized spacial score (nSPS) is 37.2. The van der Waals surface area contributed by atoms with E-state index in [2.05, 4.69) is 44.1 Å². The predicted octanol–water partition coefficient (Wildman–Crippen LogP) is 3.87. The lowest BCUT2D eigenvalue weighted by Crippen LogP contribution is -2.55. The van der Waals surface area contributed by atoms with Crippen LogP contribution in [0.3, 0.4) is 0 Å². The molecular weight excluding hydrogens is 484 g/mol. The fraction of sp³-hybridized carbons (Fsp3) is 0.867. The molecule has 4 aliphatic rings. The third kappa shape index (κ3) is 6.45. The number of ether oxygens (including phenoxy) is 4. The van der Waals surface area contributed by atoms with Crippen LogP contribution in [0.2, 0.25) is 0 Å². The first kappa shape index (κ1) is 29.5. The van der Waals surface area contributed by atoms with Gasteiger partial charge in [0.05, 0.1) is 31.0 Å². The minimum atomic E-state index is -0.417. The topological polar surface area (TPSA) is 92.9 Å². The molecule has 0 aromatic heterocycles. The summed E-state index contributed by atoms with van der Waals surface area (Å²) in [6.07, 6.45) is 7.38. The summed E-state index contributed by atoms with van der Waals surface area (Å²) >= 11 is 0. The van der Waals surface area contributed by atoms with Gasteiger partial charge in [0.1, 0.15) is 23.4 Å². The summed E-state index contributed by atoms with van der Waals surface area (Å²) < 4.78 is 24.3. The van der Waals surface area contributed by atoms with Crippen molar-refractivity contribution in [1.82, 2.24) is 10.2 Å². The number of likely N-dealkylation sites (tertiary alicyclic amines) is 1. The second kappa shape index (κ2) is 11.9. The van der Waals surface area contributed by atoms with E-state index in [1.54, 1.807) is 7.11 Å². The van der Waals surface area contributed by atoms with E-state index in [4.69, 9.17) is 18.9 Å². The molecule has 4 rings (SSSR count). The van der Waals surface area contributed by atoms with Crippen molar-refractivity contribution >= 4 is 11.9 Å². The molecule has 1 saturated carbocycles. The Labute approximate surface area is 229 Å². The largest absolute Gasteiger partial charge is 0.460 e. The first-order valence-electron chi connectivity index (χ1n) is 14.7. The van der Waals surface area contributed by atoms with Crippen molar-refractivity contribution in [2.24, 2.45) is 17.8 Å². The maximum Gasteiger partial charge on any atom is 0.306 e. The molecule has 0 bridgehead atoms. The maximum atomic E-state index is 13.2. The van der Waals surface area contributed by atoms with E-state index in [-0.39, 0.29) is 59.6 Å². The average Bonchev–Trinajstić information content (AvgIpc) is 3.73. The monoisotopic (exact) mass is 534 g/mol. The van der Waals surface area contributed by atoms with Crippen LogP contribution < -0.4 is 5.32 Å². The number of carbonyl (C=O) groups excluding carboxylic acids is 2. The molecule has 216 valence electrons. The Morgan fingerprint density at radius 3 is 2.55 bits per heavy atom. The first-order chi connectivity index (χ1) is 18.0. The number of carbonyl (C=O) groups is 2. The fourth-order valence-electron chi connectivity index (χ4n) is 6.93. The van der Waals surface area contributed by atoms with Crippen LogP contribution >= 0.6 is 0 Å². The van der Waals surface area contributed by atoms with Crippen molar-refractivity contribution < 1.29 is 28.5 Å². The van der Waals surface area contributed by atoms with E-state index < -0.39 is 5.92 Å². The van der Waals surface area contributed by atoms with Gasteiger partial charge in [-0.3, -0.25) is 9.59 Å². The van der Waals surface area contributed by atoms with Crippen molar-refractivity contribution in [3.05, 3.63) is 11.6 Å². The third-order valence-corrected chi connectivity index (χ3v) is 9.50. The molecule has 38 heavy (non-hydrogen) atoms. The summed E-state index contributed by atoms with van der Waals surface area (Å²) in [7, 11) is 3.83. The summed E-state index contributed by atoms with van der Waals surface area (Å²) in [6.45, 7) is 12.8. The Kier molecular flexibility index (Phi) is 9.28. The molecule has 1 N–H and O–H groups in total. The molecule has 8 heteroatoms. The van der Waals surface area contributed by atoms with Gasteiger partial charge in [-0.05, 0) is 78.8 Å². The highest BCUT2D eigenvalue weighted by molar-refractivity contribution is 5.84. The van der Waals surface area contributed by atoms with Crippen LogP contribution in [0.25, 0.3) is 0 Å². The molecule has 3 saturated heterocycles. The zero-order valence-electron chi connectivity index (χ0n) is 24.6. The average molecular weight is 535 g/mol. The quantitative estimate of drug-likeness (QED) is 0.231. The number of epoxide rings is 2. The summed E-state index contributed by atoms with van der Waals surface area (Å²) in [4.78, 5) is 28.6. The molecule has 8 atom stereocenters. The van der Waals surface area contributed by atoms with Crippen LogP contribution in [0.15, 0.2) is 11.6 Å². The Bertz CT molecular complexity index is 882. The van der Waals surface area contributed by atoms with Crippen molar-refractivity contribution in [3.63, 3.8) is 0 Å². The molecule has 8 nitrogen and oxygen atoms in total. The van der Waals surface area contributed by atoms with Crippen LogP contribution in [0.4, 0.5) is 0 Å². The maximum absolute atomic E-state index is 13.2. The molecule has 3 heterocycles. The molecule has 4 fully saturated rings. The Morgan fingerprint density at radius 1 is 1.24 bits per heavy atom. The standard InChI is InChI=1S/C30H50N2O6/c1-19(2)10-11-24-29(5,38-24)27-26(35-7)23(12-14-30(27)18-36-30)37-25(33)17-22(20(3)4)28(34)31-15-13-21-9-8-16-32(21)6/h10,20-24,26-27H,8-9,11-18H2,1-7H3,(H,31,34)/t21?,22-,23-,24-,26-,27-,29-,30+/m1/s1. The van der Waals surface area contributed by atoms with Gasteiger partial charge in [-0.1, -0.05) is 25.5 Å². The number of amides is 1. The number of hydrogen-bond acceptors (Lipinski definition) is 7. The van der Waals surface area contributed by atoms with Crippen LogP contribution in [-0.4, -0.2) is 86.2 Å². The molecule has 0 radical (unpaired) electrons. The second-order valence-corrected chi connectivity index (χ2v) is 12.8. The molecule has 0 aromatic carbocycles. The smallest absolute Gasteiger partial charge is 0.306 e. The lowest BCUT2D eigenvalue weighted by Gasteiger charge is -2.42. The van der Waals surface area contributed by atoms with Gasteiger partial charge < -0.3 is 29.2 Å². The minimum absolute atomic E-state index is 0.0139. The summed E-state index contributed by atoms with van der Waals surface area (Å²) in [5.41, 5.74) is 0.641. The number of methoxy groups -OCH3 is 1. The number of esters is 1. The summed E-state index contributed by atoms with van der Waals surface area (Å²) in [5, 5.41) is 3.08. The number of nitrogens with zero attached hydrogens (tertiary/aromatic N) is 1. The van der Waals surface area contributed by atoms with Crippen LogP contribution in [-0.2, 0) is 28.5 Å². The third-order valence-electron chi connectivity index (χ3n) is 9.50. The number of allylic oxidation sites excluding steroid dienone is 1. The molecule has 1 amide bonds. The van der Waals surface area contributed by atoms with E-state index >= 15 is 0 Å². The second-order valence-electron chi connectivity index (χ2n) is 12.8. The van der Waals surface area contributed by atoms with Crippen LogP contribution in [0, 0.1) is 17.8 Å². The van der Waals surface area contributed by atoms with Crippen molar-refractivity contribution in [2.75, 3.05) is 33.9 Å². The first-order valence-corrected chi connectivity index (χ1v) is 14.7. The highest BCUT2D eigenvalue weighted by Gasteiger charge is 2.72. The van der Waals surface area contributed by atoms with E-state index in [1.165, 1.54) is 18.4 Å². The van der Waals surface area contributed by atoms with E-state index in [9.17, 15) is 9.59 Å². The van der Waals surface area contributed by atoms with E-state index in [0.29, 0.717) is 25.6 Å². The summed E-state index contributed by atoms with van der Waals surface area (Å²) in [6, 6.07) is 0.528. The SMILES string of the molecule is CO[C@@H]1[C@H](OC(=O)C[C@@H](C(=O)NCCC2CCCN2C)C(C)C)CC[C@]2(CO2)[C@H]1[C@]1(C)O[C@@H]1CC=C(C)C. The highest BCUT2D eigenvalue weighted by atomic mass is 16.6. The Hall–Kier alpha value is -1.48. The molecule has 0 aromatic rings. The Morgan fingerprint density at radius 2 is 1.97 bits per heavy atom. The lowest BCUT2D eigenvalue weighted by atomic mass is 9.68. The summed E-state index contributed by atoms with van der Waals surface area (Å²) in [5.74, 6) is -0.795. The zero-order chi connectivity index (χ0) is 27.7. The van der Waals surface area contributed by atoms with Gasteiger partial charge in [-0.25, -0.2) is 0 Å². The molecule has 1 spiro atoms. The number of hydrogen-bond donors (Lipinski definition) is 1. The van der Waals surface area contributed by atoms with E-state index in [1.807, 2.05) is 13.8 Å². The van der Waals surface area contributed by atoms with Gasteiger partial charge in [0.2, 0.25) is 5.91 Å².